The fourth-order valence-electron chi connectivity index (χ4n) is 4.87. The number of hydrogen-bond donors (Lipinski definition) is 0. The van der Waals surface area contributed by atoms with Gasteiger partial charge in [0.25, 0.3) is 5.91 Å². The van der Waals surface area contributed by atoms with Crippen molar-refractivity contribution in [3.8, 4) is 0 Å². The van der Waals surface area contributed by atoms with E-state index in [1.165, 1.54) is 6.42 Å². The Hall–Kier alpha value is -2.42. The van der Waals surface area contributed by atoms with Gasteiger partial charge in [0.2, 0.25) is 10.0 Å². The standard InChI is InChI=1S/C24H27ClN4O3S/c25-20-4-6-21(7-5-20)33(31,32)28-13-8-18(9-14-28)19-10-15-29-23(16-19)22(17-26-29)24(30)27-11-2-1-3-12-27/h4-7,10,15-18H,1-3,8-9,11-14H2. The lowest BCUT2D eigenvalue weighted by molar-refractivity contribution is 0.0726. The van der Waals surface area contributed by atoms with Crippen molar-refractivity contribution in [2.24, 2.45) is 0 Å². The minimum Gasteiger partial charge on any atom is -0.339 e. The molecule has 4 heterocycles. The summed E-state index contributed by atoms with van der Waals surface area (Å²) in [4.78, 5) is 15.3. The molecular formula is C24H27ClN4O3S. The van der Waals surface area contributed by atoms with E-state index in [-0.39, 0.29) is 16.7 Å². The first-order valence-electron chi connectivity index (χ1n) is 11.5. The highest BCUT2D eigenvalue weighted by Gasteiger charge is 2.30. The lowest BCUT2D eigenvalue weighted by atomic mass is 9.90. The zero-order valence-corrected chi connectivity index (χ0v) is 19.9. The predicted molar refractivity (Wildman–Crippen MR) is 127 cm³/mol. The Labute approximate surface area is 199 Å². The molecule has 2 saturated heterocycles. The van der Waals surface area contributed by atoms with Crippen molar-refractivity contribution in [1.29, 1.82) is 0 Å². The van der Waals surface area contributed by atoms with Crippen LogP contribution >= 0.6 is 11.6 Å². The summed E-state index contributed by atoms with van der Waals surface area (Å²) in [7, 11) is -3.53. The van der Waals surface area contributed by atoms with Gasteiger partial charge in [-0.05, 0) is 80.0 Å². The third-order valence-corrected chi connectivity index (χ3v) is 8.96. The number of likely N-dealkylation sites (tertiary alicyclic amines) is 1. The minimum absolute atomic E-state index is 0.0470. The van der Waals surface area contributed by atoms with Crippen molar-refractivity contribution < 1.29 is 13.2 Å². The monoisotopic (exact) mass is 486 g/mol. The van der Waals surface area contributed by atoms with Gasteiger partial charge in [-0.3, -0.25) is 4.79 Å². The number of aromatic nitrogens is 2. The van der Waals surface area contributed by atoms with Crippen LogP contribution in [0.3, 0.4) is 0 Å². The van der Waals surface area contributed by atoms with E-state index in [0.717, 1.165) is 49.9 Å². The number of halogens is 1. The SMILES string of the molecule is O=C(c1cnn2ccc(C3CCN(S(=O)(=O)c4ccc(Cl)cc4)CC3)cc12)N1CCCCC1. The molecule has 2 aliphatic heterocycles. The first-order chi connectivity index (χ1) is 15.9. The highest BCUT2D eigenvalue weighted by Crippen LogP contribution is 2.32. The highest BCUT2D eigenvalue weighted by atomic mass is 35.5. The van der Waals surface area contributed by atoms with Crippen molar-refractivity contribution in [2.75, 3.05) is 26.2 Å². The van der Waals surface area contributed by atoms with Crippen LogP contribution in [0.25, 0.3) is 5.52 Å². The maximum Gasteiger partial charge on any atom is 0.257 e. The average molecular weight is 487 g/mol. The maximum atomic E-state index is 13.1. The molecule has 2 aliphatic rings. The molecule has 2 aromatic heterocycles. The van der Waals surface area contributed by atoms with Crippen LogP contribution in [0.5, 0.6) is 0 Å². The van der Waals surface area contributed by atoms with Gasteiger partial charge >= 0.3 is 0 Å². The van der Waals surface area contributed by atoms with Gasteiger partial charge < -0.3 is 4.90 Å². The van der Waals surface area contributed by atoms with Crippen molar-refractivity contribution in [2.45, 2.75) is 42.9 Å². The Morgan fingerprint density at radius 1 is 0.970 bits per heavy atom. The van der Waals surface area contributed by atoms with Crippen LogP contribution in [0, 0.1) is 0 Å². The molecule has 1 amide bonds. The molecule has 7 nitrogen and oxygen atoms in total. The van der Waals surface area contributed by atoms with E-state index in [1.54, 1.807) is 39.3 Å². The number of nitrogens with zero attached hydrogens (tertiary/aromatic N) is 4. The zero-order valence-electron chi connectivity index (χ0n) is 18.4. The van der Waals surface area contributed by atoms with Gasteiger partial charge in [0.15, 0.2) is 0 Å². The largest absolute Gasteiger partial charge is 0.339 e. The lowest BCUT2D eigenvalue weighted by Gasteiger charge is -2.31. The van der Waals surface area contributed by atoms with Gasteiger partial charge in [-0.25, -0.2) is 12.9 Å². The molecule has 0 N–H and O–H groups in total. The molecule has 0 bridgehead atoms. The number of piperidine rings is 2. The molecule has 0 atom stereocenters. The highest BCUT2D eigenvalue weighted by molar-refractivity contribution is 7.89. The van der Waals surface area contributed by atoms with E-state index in [4.69, 9.17) is 11.6 Å². The van der Waals surface area contributed by atoms with Crippen LogP contribution in [0.1, 0.15) is 53.9 Å². The average Bonchev–Trinajstić information content (AvgIpc) is 3.28. The minimum atomic E-state index is -3.53. The van der Waals surface area contributed by atoms with Gasteiger partial charge in [0.1, 0.15) is 0 Å². The number of pyridine rings is 1. The van der Waals surface area contributed by atoms with Gasteiger partial charge in [0, 0.05) is 37.4 Å². The second-order valence-electron chi connectivity index (χ2n) is 8.83. The van der Waals surface area contributed by atoms with Crippen LogP contribution in [0.4, 0.5) is 0 Å². The Bertz CT molecular complexity index is 1260. The van der Waals surface area contributed by atoms with Crippen molar-refractivity contribution in [3.05, 3.63) is 64.9 Å². The summed E-state index contributed by atoms with van der Waals surface area (Å²) in [6, 6.07) is 10.4. The fourth-order valence-corrected chi connectivity index (χ4v) is 6.46. The summed E-state index contributed by atoms with van der Waals surface area (Å²) in [6.07, 6.45) is 8.29. The molecular weight excluding hydrogens is 460 g/mol. The number of amides is 1. The molecule has 9 heteroatoms. The second-order valence-corrected chi connectivity index (χ2v) is 11.2. The van der Waals surface area contributed by atoms with Crippen molar-refractivity contribution >= 4 is 33.0 Å². The Morgan fingerprint density at radius 2 is 1.67 bits per heavy atom. The van der Waals surface area contributed by atoms with Crippen molar-refractivity contribution in [1.82, 2.24) is 18.8 Å². The number of rotatable bonds is 4. The van der Waals surface area contributed by atoms with E-state index in [1.807, 2.05) is 17.2 Å². The molecule has 5 rings (SSSR count). The molecule has 0 spiro atoms. The van der Waals surface area contributed by atoms with Gasteiger partial charge in [0.05, 0.1) is 22.2 Å². The van der Waals surface area contributed by atoms with Gasteiger partial charge in [-0.15, -0.1) is 0 Å². The number of carbonyl (C=O) groups is 1. The first-order valence-corrected chi connectivity index (χ1v) is 13.3. The normalized spacial score (nSPS) is 18.6. The molecule has 0 unspecified atom stereocenters. The van der Waals surface area contributed by atoms with Crippen LogP contribution in [0.15, 0.2) is 53.7 Å². The van der Waals surface area contributed by atoms with Crippen LogP contribution in [0.2, 0.25) is 5.02 Å². The molecule has 33 heavy (non-hydrogen) atoms. The third-order valence-electron chi connectivity index (χ3n) is 6.80. The smallest absolute Gasteiger partial charge is 0.257 e. The number of sulfonamides is 1. The van der Waals surface area contributed by atoms with E-state index in [0.29, 0.717) is 23.7 Å². The summed E-state index contributed by atoms with van der Waals surface area (Å²) in [5.74, 6) is 0.283. The number of fused-ring (bicyclic) bond motifs is 1. The molecule has 0 radical (unpaired) electrons. The molecule has 0 aliphatic carbocycles. The Morgan fingerprint density at radius 3 is 2.36 bits per heavy atom. The van der Waals surface area contributed by atoms with Crippen LogP contribution < -0.4 is 0 Å². The third kappa shape index (κ3) is 4.39. The summed E-state index contributed by atoms with van der Waals surface area (Å²) >= 11 is 5.90. The number of benzene rings is 1. The summed E-state index contributed by atoms with van der Waals surface area (Å²) in [5, 5.41) is 4.89. The molecule has 1 aromatic carbocycles. The number of hydrogen-bond acceptors (Lipinski definition) is 4. The second kappa shape index (κ2) is 9.08. The topological polar surface area (TPSA) is 75.0 Å². The summed E-state index contributed by atoms with van der Waals surface area (Å²) in [5.41, 5.74) is 2.58. The Balaban J connectivity index is 1.32. The first kappa shape index (κ1) is 22.4. The van der Waals surface area contributed by atoms with Gasteiger partial charge in [-0.1, -0.05) is 11.6 Å². The zero-order chi connectivity index (χ0) is 23.0. The van der Waals surface area contributed by atoms with E-state index in [9.17, 15) is 13.2 Å². The molecule has 3 aromatic rings. The maximum absolute atomic E-state index is 13.1. The quantitative estimate of drug-likeness (QED) is 0.554. The lowest BCUT2D eigenvalue weighted by Crippen LogP contribution is -2.37. The molecule has 0 saturated carbocycles. The molecule has 2 fully saturated rings. The van der Waals surface area contributed by atoms with E-state index < -0.39 is 10.0 Å². The summed E-state index contributed by atoms with van der Waals surface area (Å²) < 4.78 is 29.3. The molecule has 174 valence electrons. The van der Waals surface area contributed by atoms with Crippen LogP contribution in [-0.4, -0.2) is 59.3 Å². The fraction of sp³-hybridized carbons (Fsp3) is 0.417. The van der Waals surface area contributed by atoms with E-state index in [2.05, 4.69) is 11.2 Å². The number of carbonyl (C=O) groups excluding carboxylic acids is 1. The van der Waals surface area contributed by atoms with Gasteiger partial charge in [-0.2, -0.15) is 9.40 Å². The van der Waals surface area contributed by atoms with Crippen LogP contribution in [-0.2, 0) is 10.0 Å². The summed E-state index contributed by atoms with van der Waals surface area (Å²) in [6.45, 7) is 2.52. The van der Waals surface area contributed by atoms with Crippen molar-refractivity contribution in [3.63, 3.8) is 0 Å². The Kier molecular flexibility index (Phi) is 6.16. The van der Waals surface area contributed by atoms with E-state index >= 15 is 0 Å². The predicted octanol–water partition coefficient (Wildman–Crippen LogP) is 4.18.